The highest BCUT2D eigenvalue weighted by Crippen LogP contribution is 2.32. The van der Waals surface area contributed by atoms with E-state index in [-0.39, 0.29) is 10.6 Å². The van der Waals surface area contributed by atoms with E-state index in [9.17, 15) is 18.4 Å². The molecule has 0 aliphatic heterocycles. The van der Waals surface area contributed by atoms with Crippen molar-refractivity contribution in [2.24, 2.45) is 0 Å². The van der Waals surface area contributed by atoms with Gasteiger partial charge in [0.05, 0.1) is 5.57 Å². The van der Waals surface area contributed by atoms with Crippen LogP contribution in [0.15, 0.2) is 60.0 Å². The Labute approximate surface area is 158 Å². The summed E-state index contributed by atoms with van der Waals surface area (Å²) in [5.74, 6) is 0.656. The van der Waals surface area contributed by atoms with Crippen molar-refractivity contribution in [1.82, 2.24) is 4.98 Å². The average Bonchev–Trinajstić information content (AvgIpc) is 3.17. The Hall–Kier alpha value is -3.11. The summed E-state index contributed by atoms with van der Waals surface area (Å²) in [5, 5.41) is 10.2. The highest BCUT2D eigenvalue weighted by molar-refractivity contribution is 7.11. The first-order chi connectivity index (χ1) is 13.0. The van der Waals surface area contributed by atoms with Crippen molar-refractivity contribution in [3.63, 3.8) is 0 Å². The Bertz CT molecular complexity index is 971. The molecule has 0 radical (unpaired) electrons. The van der Waals surface area contributed by atoms with Crippen LogP contribution in [0.3, 0.4) is 0 Å². The number of allylic oxidation sites excluding steroid dienone is 1. The van der Waals surface area contributed by atoms with Crippen LogP contribution in [0.5, 0.6) is 5.75 Å². The molecule has 1 aromatic heterocycles. The molecular formula is C20H13F3N2OS. The van der Waals surface area contributed by atoms with Crippen molar-refractivity contribution in [2.45, 2.75) is 12.8 Å². The molecule has 0 bridgehead atoms. The lowest BCUT2D eigenvalue weighted by Crippen LogP contribution is -2.05. The van der Waals surface area contributed by atoms with Crippen LogP contribution in [0.4, 0.5) is 13.2 Å². The molecule has 7 heteroatoms. The van der Waals surface area contributed by atoms with Gasteiger partial charge in [0.2, 0.25) is 0 Å². The normalized spacial score (nSPS) is 11.9. The van der Waals surface area contributed by atoms with Gasteiger partial charge < -0.3 is 4.74 Å². The third-order valence-electron chi connectivity index (χ3n) is 3.58. The minimum absolute atomic E-state index is 0.0363. The van der Waals surface area contributed by atoms with Gasteiger partial charge in [-0.2, -0.15) is 18.4 Å². The zero-order chi connectivity index (χ0) is 19.3. The van der Waals surface area contributed by atoms with E-state index in [0.717, 1.165) is 22.3 Å². The van der Waals surface area contributed by atoms with Crippen LogP contribution < -0.4 is 4.74 Å². The number of rotatable bonds is 5. The second-order valence-electron chi connectivity index (χ2n) is 5.55. The number of benzene rings is 2. The van der Waals surface area contributed by atoms with Crippen LogP contribution in [0.1, 0.15) is 21.8 Å². The van der Waals surface area contributed by atoms with Crippen LogP contribution in [0.25, 0.3) is 11.6 Å². The summed E-state index contributed by atoms with van der Waals surface area (Å²) in [6.45, 7) is 0.429. The molecule has 0 spiro atoms. The number of hydrogen-bond donors (Lipinski definition) is 0. The molecule has 0 saturated carbocycles. The number of ether oxygens (including phenoxy) is 1. The predicted molar refractivity (Wildman–Crippen MR) is 97.8 cm³/mol. The molecule has 0 aliphatic rings. The van der Waals surface area contributed by atoms with Gasteiger partial charge in [0.1, 0.15) is 23.4 Å². The van der Waals surface area contributed by atoms with Gasteiger partial charge in [-0.15, -0.1) is 11.3 Å². The summed E-state index contributed by atoms with van der Waals surface area (Å²) in [7, 11) is 0. The summed E-state index contributed by atoms with van der Waals surface area (Å²) in [6.07, 6.45) is -3.02. The van der Waals surface area contributed by atoms with Gasteiger partial charge in [0.25, 0.3) is 0 Å². The number of nitrogens with zero attached hydrogens (tertiary/aromatic N) is 2. The monoisotopic (exact) mass is 386 g/mol. The van der Waals surface area contributed by atoms with E-state index in [1.165, 1.54) is 6.08 Å². The van der Waals surface area contributed by atoms with Crippen LogP contribution in [-0.4, -0.2) is 4.98 Å². The minimum Gasteiger partial charge on any atom is -0.489 e. The number of halogens is 3. The van der Waals surface area contributed by atoms with E-state index in [1.807, 2.05) is 36.4 Å². The SMILES string of the molecule is N#C/C(=C/c1ccc(OCc2ccccc2)cc1)c1nc(C(F)(F)F)cs1. The molecule has 136 valence electrons. The maximum Gasteiger partial charge on any atom is 0.434 e. The van der Waals surface area contributed by atoms with Crippen LogP contribution in [0, 0.1) is 11.3 Å². The number of alkyl halides is 3. The third kappa shape index (κ3) is 4.96. The van der Waals surface area contributed by atoms with Gasteiger partial charge in [0, 0.05) is 5.38 Å². The highest BCUT2D eigenvalue weighted by atomic mass is 32.1. The molecule has 0 aliphatic carbocycles. The first-order valence-corrected chi connectivity index (χ1v) is 8.75. The van der Waals surface area contributed by atoms with Crippen LogP contribution in [0.2, 0.25) is 0 Å². The molecule has 0 amide bonds. The van der Waals surface area contributed by atoms with Crippen molar-refractivity contribution < 1.29 is 17.9 Å². The fourth-order valence-electron chi connectivity index (χ4n) is 2.24. The summed E-state index contributed by atoms with van der Waals surface area (Å²) < 4.78 is 43.7. The van der Waals surface area contributed by atoms with Crippen molar-refractivity contribution in [3.05, 3.63) is 81.8 Å². The van der Waals surface area contributed by atoms with Gasteiger partial charge >= 0.3 is 6.18 Å². The lowest BCUT2D eigenvalue weighted by Gasteiger charge is -2.06. The van der Waals surface area contributed by atoms with E-state index in [0.29, 0.717) is 17.9 Å². The molecule has 0 fully saturated rings. The van der Waals surface area contributed by atoms with E-state index < -0.39 is 11.9 Å². The van der Waals surface area contributed by atoms with Gasteiger partial charge in [-0.25, -0.2) is 4.98 Å². The second kappa shape index (κ2) is 8.06. The Kier molecular flexibility index (Phi) is 5.57. The second-order valence-corrected chi connectivity index (χ2v) is 6.41. The smallest absolute Gasteiger partial charge is 0.434 e. The Balaban J connectivity index is 1.72. The van der Waals surface area contributed by atoms with Crippen molar-refractivity contribution in [3.8, 4) is 11.8 Å². The number of nitriles is 1. The number of thiazole rings is 1. The maximum absolute atomic E-state index is 12.7. The summed E-state index contributed by atoms with van der Waals surface area (Å²) >= 11 is 0.791. The van der Waals surface area contributed by atoms with E-state index in [4.69, 9.17) is 4.74 Å². The maximum atomic E-state index is 12.7. The molecule has 3 rings (SSSR count). The molecular weight excluding hydrogens is 373 g/mol. The summed E-state index contributed by atoms with van der Waals surface area (Å²) in [6, 6.07) is 18.6. The first kappa shape index (κ1) is 18.7. The average molecular weight is 386 g/mol. The van der Waals surface area contributed by atoms with E-state index >= 15 is 0 Å². The topological polar surface area (TPSA) is 45.9 Å². The molecule has 3 aromatic rings. The largest absolute Gasteiger partial charge is 0.489 e. The zero-order valence-corrected chi connectivity index (χ0v) is 14.7. The summed E-state index contributed by atoms with van der Waals surface area (Å²) in [4.78, 5) is 3.51. The Morgan fingerprint density at radius 2 is 1.81 bits per heavy atom. The number of hydrogen-bond acceptors (Lipinski definition) is 4. The van der Waals surface area contributed by atoms with Crippen molar-refractivity contribution >= 4 is 23.0 Å². The van der Waals surface area contributed by atoms with Crippen LogP contribution >= 0.6 is 11.3 Å². The number of aromatic nitrogens is 1. The quantitative estimate of drug-likeness (QED) is 0.520. The first-order valence-electron chi connectivity index (χ1n) is 7.87. The Morgan fingerprint density at radius 1 is 1.11 bits per heavy atom. The predicted octanol–water partition coefficient (Wildman–Crippen LogP) is 5.81. The molecule has 27 heavy (non-hydrogen) atoms. The molecule has 0 atom stereocenters. The fourth-order valence-corrected chi connectivity index (χ4v) is 3.03. The standard InChI is InChI=1S/C20H13F3N2OS/c21-20(22,23)18-13-27-19(25-18)16(11-24)10-14-6-8-17(9-7-14)26-12-15-4-2-1-3-5-15/h1-10,13H,12H2/b16-10-. The van der Waals surface area contributed by atoms with Crippen LogP contribution in [-0.2, 0) is 12.8 Å². The van der Waals surface area contributed by atoms with E-state index in [2.05, 4.69) is 4.98 Å². The zero-order valence-electron chi connectivity index (χ0n) is 13.9. The highest BCUT2D eigenvalue weighted by Gasteiger charge is 2.34. The minimum atomic E-state index is -4.52. The molecule has 0 unspecified atom stereocenters. The summed E-state index contributed by atoms with van der Waals surface area (Å²) in [5.41, 5.74) is 0.793. The lowest BCUT2D eigenvalue weighted by atomic mass is 10.1. The molecule has 0 N–H and O–H groups in total. The molecule has 3 nitrogen and oxygen atoms in total. The van der Waals surface area contributed by atoms with Crippen molar-refractivity contribution in [1.29, 1.82) is 5.26 Å². The van der Waals surface area contributed by atoms with E-state index in [1.54, 1.807) is 24.3 Å². The molecule has 1 heterocycles. The lowest BCUT2D eigenvalue weighted by molar-refractivity contribution is -0.140. The van der Waals surface area contributed by atoms with Gasteiger partial charge in [-0.1, -0.05) is 42.5 Å². The van der Waals surface area contributed by atoms with Gasteiger partial charge in [0.15, 0.2) is 5.69 Å². The molecule has 0 saturated heterocycles. The Morgan fingerprint density at radius 3 is 2.41 bits per heavy atom. The van der Waals surface area contributed by atoms with Gasteiger partial charge in [-0.3, -0.25) is 0 Å². The molecule has 2 aromatic carbocycles. The van der Waals surface area contributed by atoms with Crippen molar-refractivity contribution in [2.75, 3.05) is 0 Å². The van der Waals surface area contributed by atoms with Gasteiger partial charge in [-0.05, 0) is 29.3 Å². The third-order valence-corrected chi connectivity index (χ3v) is 4.46. The fraction of sp³-hybridized carbons (Fsp3) is 0.100.